The summed E-state index contributed by atoms with van der Waals surface area (Å²) in [5.74, 6) is -0.307. The number of rotatable bonds is 4. The Hall–Kier alpha value is -3.35. The number of aromatic hydroxyl groups is 1. The van der Waals surface area contributed by atoms with Crippen LogP contribution in [0.5, 0.6) is 5.88 Å². The molecule has 2 heterocycles. The van der Waals surface area contributed by atoms with Crippen LogP contribution in [0.1, 0.15) is 15.9 Å². The minimum absolute atomic E-state index is 0.117. The summed E-state index contributed by atoms with van der Waals surface area (Å²) < 4.78 is 14.5. The summed E-state index contributed by atoms with van der Waals surface area (Å²) in [6.45, 7) is 0. The molecule has 0 spiro atoms. The third-order valence-electron chi connectivity index (χ3n) is 3.53. The average molecular weight is 367 g/mol. The Bertz CT molecular complexity index is 975. The van der Waals surface area contributed by atoms with Gasteiger partial charge in [-0.3, -0.25) is 4.79 Å². The van der Waals surface area contributed by atoms with E-state index in [2.05, 4.69) is 14.8 Å². The minimum atomic E-state index is -1.47. The van der Waals surface area contributed by atoms with Crippen molar-refractivity contribution in [2.24, 2.45) is 0 Å². The molecule has 1 unspecified atom stereocenters. The zero-order valence-corrected chi connectivity index (χ0v) is 14.4. The van der Waals surface area contributed by atoms with Gasteiger partial charge >= 0.3 is 0 Å². The fourth-order valence-corrected chi connectivity index (χ4v) is 2.65. The predicted molar refractivity (Wildman–Crippen MR) is 94.7 cm³/mol. The second-order valence-corrected chi connectivity index (χ2v) is 6.39. The predicted octanol–water partition coefficient (Wildman–Crippen LogP) is 1.53. The molecular weight excluding hydrogens is 354 g/mol. The second-order valence-electron chi connectivity index (χ2n) is 5.27. The highest BCUT2D eigenvalue weighted by Gasteiger charge is 2.15. The van der Waals surface area contributed by atoms with Gasteiger partial charge in [0.25, 0.3) is 5.91 Å². The first-order chi connectivity index (χ1) is 12.5. The van der Waals surface area contributed by atoms with Gasteiger partial charge in [-0.05, 0) is 29.8 Å². The van der Waals surface area contributed by atoms with Crippen LogP contribution in [0.25, 0.3) is 16.9 Å². The molecule has 1 atom stereocenters. The average Bonchev–Trinajstić information content (AvgIpc) is 3.03. The standard InChI is InChI=1S/C17H13N5O3S/c1-26(25)21-16(23)13-6-7-15(19-9-13)22-17(24)14(10-20-22)12-4-2-11(8-18)3-5-12/h2-7,9-10,24H,1H3,(H,21,23). The van der Waals surface area contributed by atoms with E-state index in [4.69, 9.17) is 5.26 Å². The van der Waals surface area contributed by atoms with Gasteiger partial charge in [-0.2, -0.15) is 19.8 Å². The minimum Gasteiger partial charge on any atom is -0.593 e. The van der Waals surface area contributed by atoms with Gasteiger partial charge in [0.1, 0.15) is 6.26 Å². The molecule has 0 aliphatic carbocycles. The highest BCUT2D eigenvalue weighted by atomic mass is 32.2. The number of aromatic nitrogens is 3. The Morgan fingerprint density at radius 3 is 2.58 bits per heavy atom. The van der Waals surface area contributed by atoms with Crippen molar-refractivity contribution in [3.8, 4) is 28.9 Å². The summed E-state index contributed by atoms with van der Waals surface area (Å²) in [5.41, 5.74) is 1.95. The van der Waals surface area contributed by atoms with E-state index in [1.54, 1.807) is 24.3 Å². The molecule has 3 rings (SSSR count). The van der Waals surface area contributed by atoms with E-state index in [9.17, 15) is 14.5 Å². The molecule has 0 saturated carbocycles. The largest absolute Gasteiger partial charge is 0.593 e. The third-order valence-corrected chi connectivity index (χ3v) is 4.01. The first kappa shape index (κ1) is 17.5. The Kier molecular flexibility index (Phi) is 4.88. The first-order valence-electron chi connectivity index (χ1n) is 7.38. The summed E-state index contributed by atoms with van der Waals surface area (Å²) >= 11 is -1.47. The SMILES string of the molecule is C[S+]([O-])NC(=O)c1ccc(-n2ncc(-c3ccc(C#N)cc3)c2O)nc1. The normalized spacial score (nSPS) is 11.6. The molecule has 1 amide bonds. The van der Waals surface area contributed by atoms with Gasteiger partial charge in [0.05, 0.1) is 40.3 Å². The van der Waals surface area contributed by atoms with E-state index >= 15 is 0 Å². The number of amides is 1. The number of nitrogens with one attached hydrogen (secondary N) is 1. The monoisotopic (exact) mass is 367 g/mol. The summed E-state index contributed by atoms with van der Waals surface area (Å²) in [7, 11) is 0. The van der Waals surface area contributed by atoms with E-state index in [0.717, 1.165) is 0 Å². The molecule has 1 aromatic carbocycles. The molecule has 9 heteroatoms. The fraction of sp³-hybridized carbons (Fsp3) is 0.0588. The zero-order valence-electron chi connectivity index (χ0n) is 13.6. The zero-order chi connectivity index (χ0) is 18.7. The van der Waals surface area contributed by atoms with Crippen molar-refractivity contribution >= 4 is 17.3 Å². The number of nitriles is 1. The molecule has 130 valence electrons. The summed E-state index contributed by atoms with van der Waals surface area (Å²) in [6, 6.07) is 11.8. The maximum absolute atomic E-state index is 11.8. The molecule has 0 saturated heterocycles. The quantitative estimate of drug-likeness (QED) is 0.673. The lowest BCUT2D eigenvalue weighted by molar-refractivity contribution is 0.0981. The van der Waals surface area contributed by atoms with Crippen LogP contribution in [-0.4, -0.2) is 36.6 Å². The Balaban J connectivity index is 1.87. The Morgan fingerprint density at radius 2 is 2.00 bits per heavy atom. The molecule has 2 aromatic heterocycles. The van der Waals surface area contributed by atoms with Gasteiger partial charge in [-0.1, -0.05) is 12.1 Å². The summed E-state index contributed by atoms with van der Waals surface area (Å²) in [6.07, 6.45) is 4.14. The van der Waals surface area contributed by atoms with E-state index in [0.29, 0.717) is 22.5 Å². The molecule has 0 bridgehead atoms. The van der Waals surface area contributed by atoms with Crippen LogP contribution < -0.4 is 4.72 Å². The van der Waals surface area contributed by atoms with Crippen molar-refractivity contribution in [1.82, 2.24) is 19.5 Å². The third kappa shape index (κ3) is 3.51. The topological polar surface area (TPSA) is 127 Å². The lowest BCUT2D eigenvalue weighted by Crippen LogP contribution is -2.29. The molecule has 0 fully saturated rings. The van der Waals surface area contributed by atoms with Crippen LogP contribution in [0.3, 0.4) is 0 Å². The van der Waals surface area contributed by atoms with Crippen molar-refractivity contribution in [2.45, 2.75) is 0 Å². The molecule has 2 N–H and O–H groups in total. The van der Waals surface area contributed by atoms with Gasteiger partial charge < -0.3 is 9.66 Å². The molecular formula is C17H13N5O3S. The van der Waals surface area contributed by atoms with E-state index in [1.165, 1.54) is 35.5 Å². The number of hydrogen-bond acceptors (Lipinski definition) is 6. The lowest BCUT2D eigenvalue weighted by Gasteiger charge is -2.07. The maximum Gasteiger partial charge on any atom is 0.293 e. The number of pyridine rings is 1. The molecule has 26 heavy (non-hydrogen) atoms. The smallest absolute Gasteiger partial charge is 0.293 e. The van der Waals surface area contributed by atoms with Crippen molar-refractivity contribution in [3.05, 3.63) is 59.9 Å². The van der Waals surface area contributed by atoms with Crippen LogP contribution in [0.15, 0.2) is 48.8 Å². The van der Waals surface area contributed by atoms with Crippen molar-refractivity contribution in [2.75, 3.05) is 6.26 Å². The first-order valence-corrected chi connectivity index (χ1v) is 8.94. The Labute approximate surface area is 152 Å². The van der Waals surface area contributed by atoms with Gasteiger partial charge in [0, 0.05) is 6.20 Å². The highest BCUT2D eigenvalue weighted by Crippen LogP contribution is 2.30. The lowest BCUT2D eigenvalue weighted by atomic mass is 10.1. The van der Waals surface area contributed by atoms with Gasteiger partial charge in [-0.15, -0.1) is 0 Å². The van der Waals surface area contributed by atoms with Crippen LogP contribution in [0.4, 0.5) is 0 Å². The van der Waals surface area contributed by atoms with Gasteiger partial charge in [0.2, 0.25) is 5.88 Å². The van der Waals surface area contributed by atoms with Crippen molar-refractivity contribution in [1.29, 1.82) is 5.26 Å². The van der Waals surface area contributed by atoms with Crippen molar-refractivity contribution in [3.63, 3.8) is 0 Å². The molecule has 3 aromatic rings. The van der Waals surface area contributed by atoms with E-state index < -0.39 is 17.3 Å². The van der Waals surface area contributed by atoms with Crippen molar-refractivity contribution < 1.29 is 14.5 Å². The molecule has 0 radical (unpaired) electrons. The molecule has 8 nitrogen and oxygen atoms in total. The number of benzene rings is 1. The number of hydrogen-bond donors (Lipinski definition) is 2. The highest BCUT2D eigenvalue weighted by molar-refractivity contribution is 7.89. The second kappa shape index (κ2) is 7.26. The maximum atomic E-state index is 11.8. The van der Waals surface area contributed by atoms with E-state index in [-0.39, 0.29) is 11.4 Å². The van der Waals surface area contributed by atoms with E-state index in [1.807, 2.05) is 6.07 Å². The van der Waals surface area contributed by atoms with Gasteiger partial charge in [-0.25, -0.2) is 4.98 Å². The van der Waals surface area contributed by atoms with Crippen LogP contribution in [-0.2, 0) is 11.4 Å². The van der Waals surface area contributed by atoms with Gasteiger partial charge in [0.15, 0.2) is 5.82 Å². The fourth-order valence-electron chi connectivity index (χ4n) is 2.27. The molecule has 0 aliphatic heterocycles. The number of nitrogens with zero attached hydrogens (tertiary/aromatic N) is 4. The number of carbonyl (C=O) groups is 1. The van der Waals surface area contributed by atoms with Crippen LogP contribution >= 0.6 is 0 Å². The summed E-state index contributed by atoms with van der Waals surface area (Å²) in [5, 5.41) is 23.4. The van der Waals surface area contributed by atoms with Crippen LogP contribution in [0.2, 0.25) is 0 Å². The van der Waals surface area contributed by atoms with Crippen LogP contribution in [0, 0.1) is 11.3 Å². The summed E-state index contributed by atoms with van der Waals surface area (Å²) in [4.78, 5) is 15.9. The Morgan fingerprint density at radius 1 is 1.27 bits per heavy atom. The number of carbonyl (C=O) groups excluding carboxylic acids is 1. The molecule has 0 aliphatic rings.